The monoisotopic (exact) mass is 290 g/mol. The topological polar surface area (TPSA) is 62.2 Å². The zero-order chi connectivity index (χ0) is 14.8. The van der Waals surface area contributed by atoms with Gasteiger partial charge in [0.2, 0.25) is 0 Å². The van der Waals surface area contributed by atoms with Gasteiger partial charge in [0, 0.05) is 22.2 Å². The number of carbonyl (C=O) groups is 1. The Morgan fingerprint density at radius 2 is 2.05 bits per heavy atom. The van der Waals surface area contributed by atoms with Crippen molar-refractivity contribution in [2.24, 2.45) is 0 Å². The van der Waals surface area contributed by atoms with Crippen LogP contribution in [0.2, 0.25) is 0 Å². The number of carboxylic acid groups (broad SMARTS) is 1. The number of thiazole rings is 1. The normalized spacial score (nSPS) is 11.3. The van der Waals surface area contributed by atoms with Gasteiger partial charge in [-0.25, -0.2) is 9.78 Å². The first-order chi connectivity index (χ1) is 9.38. The number of aromatic nitrogens is 1. The lowest BCUT2D eigenvalue weighted by atomic mass is 9.98. The first-order valence-corrected chi connectivity index (χ1v) is 7.21. The lowest BCUT2D eigenvalue weighted by molar-refractivity contribution is 0.0698. The quantitative estimate of drug-likeness (QED) is 0.900. The van der Waals surface area contributed by atoms with E-state index >= 15 is 0 Å². The highest BCUT2D eigenvalue weighted by Crippen LogP contribution is 2.27. The number of para-hydroxylation sites is 1. The van der Waals surface area contributed by atoms with Gasteiger partial charge >= 0.3 is 5.97 Å². The molecule has 1 heterocycles. The third kappa shape index (κ3) is 3.36. The van der Waals surface area contributed by atoms with Gasteiger partial charge in [0.1, 0.15) is 0 Å². The summed E-state index contributed by atoms with van der Waals surface area (Å²) in [4.78, 5) is 16.6. The molecule has 0 amide bonds. The maximum Gasteiger partial charge on any atom is 0.337 e. The standard InChI is InChI=1S/C15H18N2O2S/c1-15(2,3)14-17-9-10(20-14)8-16-12-7-5-4-6-11(12)13(18)19/h4-7,9,16H,8H2,1-3H3,(H,18,19). The van der Waals surface area contributed by atoms with Crippen LogP contribution in [0.1, 0.15) is 41.0 Å². The Morgan fingerprint density at radius 1 is 1.35 bits per heavy atom. The molecular weight excluding hydrogens is 272 g/mol. The molecule has 4 nitrogen and oxygen atoms in total. The molecule has 2 N–H and O–H groups in total. The van der Waals surface area contributed by atoms with Crippen LogP contribution in [0.5, 0.6) is 0 Å². The van der Waals surface area contributed by atoms with Gasteiger partial charge in [-0.3, -0.25) is 0 Å². The molecule has 20 heavy (non-hydrogen) atoms. The van der Waals surface area contributed by atoms with Crippen molar-refractivity contribution in [2.75, 3.05) is 5.32 Å². The number of hydrogen-bond donors (Lipinski definition) is 2. The highest BCUT2D eigenvalue weighted by atomic mass is 32.1. The summed E-state index contributed by atoms with van der Waals surface area (Å²) in [5, 5.41) is 13.4. The molecule has 5 heteroatoms. The number of carboxylic acids is 1. The van der Waals surface area contributed by atoms with Gasteiger partial charge in [0.15, 0.2) is 0 Å². The van der Waals surface area contributed by atoms with Crippen LogP contribution in [0.15, 0.2) is 30.5 Å². The van der Waals surface area contributed by atoms with Crippen LogP contribution in [0, 0.1) is 0 Å². The Kier molecular flexibility index (Phi) is 4.09. The zero-order valence-corrected chi connectivity index (χ0v) is 12.6. The molecule has 0 unspecified atom stereocenters. The summed E-state index contributed by atoms with van der Waals surface area (Å²) in [6.45, 7) is 6.96. The van der Waals surface area contributed by atoms with Gasteiger partial charge in [0.05, 0.1) is 17.1 Å². The molecule has 0 bridgehead atoms. The minimum Gasteiger partial charge on any atom is -0.478 e. The van der Waals surface area contributed by atoms with Crippen LogP contribution in [0.3, 0.4) is 0 Å². The van der Waals surface area contributed by atoms with Crippen LogP contribution < -0.4 is 5.32 Å². The second kappa shape index (κ2) is 5.63. The number of aromatic carboxylic acids is 1. The molecule has 1 aromatic carbocycles. The minimum atomic E-state index is -0.923. The SMILES string of the molecule is CC(C)(C)c1ncc(CNc2ccccc2C(=O)O)s1. The Labute approximate surface area is 122 Å². The Bertz CT molecular complexity index is 614. The summed E-state index contributed by atoms with van der Waals surface area (Å²) in [6, 6.07) is 6.91. The van der Waals surface area contributed by atoms with Crippen molar-refractivity contribution in [1.29, 1.82) is 0 Å². The predicted molar refractivity (Wildman–Crippen MR) is 81.5 cm³/mol. The molecule has 0 aliphatic heterocycles. The molecule has 2 aromatic rings. The summed E-state index contributed by atoms with van der Waals surface area (Å²) in [6.07, 6.45) is 1.85. The van der Waals surface area contributed by atoms with Crippen molar-refractivity contribution >= 4 is 23.0 Å². The van der Waals surface area contributed by atoms with Crippen LogP contribution in [0.25, 0.3) is 0 Å². The van der Waals surface area contributed by atoms with Crippen molar-refractivity contribution < 1.29 is 9.90 Å². The molecule has 0 atom stereocenters. The van der Waals surface area contributed by atoms with Gasteiger partial charge in [-0.2, -0.15) is 0 Å². The Morgan fingerprint density at radius 3 is 2.65 bits per heavy atom. The molecule has 0 spiro atoms. The number of rotatable bonds is 4. The molecule has 0 saturated heterocycles. The molecule has 2 rings (SSSR count). The molecule has 0 radical (unpaired) electrons. The third-order valence-corrected chi connectivity index (χ3v) is 4.23. The van der Waals surface area contributed by atoms with E-state index in [4.69, 9.17) is 5.11 Å². The van der Waals surface area contributed by atoms with E-state index in [0.29, 0.717) is 12.2 Å². The fourth-order valence-electron chi connectivity index (χ4n) is 1.74. The number of nitrogens with one attached hydrogen (secondary N) is 1. The van der Waals surface area contributed by atoms with Crippen molar-refractivity contribution in [2.45, 2.75) is 32.7 Å². The summed E-state index contributed by atoms with van der Waals surface area (Å²) < 4.78 is 0. The third-order valence-electron chi connectivity index (χ3n) is 2.81. The fraction of sp³-hybridized carbons (Fsp3) is 0.333. The molecule has 0 aliphatic rings. The van der Waals surface area contributed by atoms with E-state index in [2.05, 4.69) is 31.1 Å². The van der Waals surface area contributed by atoms with Gasteiger partial charge in [-0.15, -0.1) is 11.3 Å². The largest absolute Gasteiger partial charge is 0.478 e. The van der Waals surface area contributed by atoms with Gasteiger partial charge in [0.25, 0.3) is 0 Å². The van der Waals surface area contributed by atoms with Crippen LogP contribution >= 0.6 is 11.3 Å². The fourth-order valence-corrected chi connectivity index (χ4v) is 2.65. The van der Waals surface area contributed by atoms with E-state index < -0.39 is 5.97 Å². The maximum absolute atomic E-state index is 11.1. The van der Waals surface area contributed by atoms with E-state index in [1.54, 1.807) is 29.5 Å². The average molecular weight is 290 g/mol. The van der Waals surface area contributed by atoms with E-state index in [9.17, 15) is 4.79 Å². The maximum atomic E-state index is 11.1. The first kappa shape index (κ1) is 14.5. The highest BCUT2D eigenvalue weighted by molar-refractivity contribution is 7.11. The molecule has 0 saturated carbocycles. The summed E-state index contributed by atoms with van der Waals surface area (Å²) in [5.41, 5.74) is 0.959. The summed E-state index contributed by atoms with van der Waals surface area (Å²) in [5.74, 6) is -0.923. The molecule has 0 fully saturated rings. The molecular formula is C15H18N2O2S. The molecule has 1 aromatic heterocycles. The number of anilines is 1. The van der Waals surface area contributed by atoms with E-state index in [1.165, 1.54) is 0 Å². The second-order valence-corrected chi connectivity index (χ2v) is 6.70. The van der Waals surface area contributed by atoms with Crippen molar-refractivity contribution in [3.63, 3.8) is 0 Å². The lowest BCUT2D eigenvalue weighted by Gasteiger charge is -2.13. The lowest BCUT2D eigenvalue weighted by Crippen LogP contribution is -2.09. The summed E-state index contributed by atoms with van der Waals surface area (Å²) in [7, 11) is 0. The molecule has 0 aliphatic carbocycles. The van der Waals surface area contributed by atoms with Crippen molar-refractivity contribution in [1.82, 2.24) is 4.98 Å². The van der Waals surface area contributed by atoms with E-state index in [-0.39, 0.29) is 11.0 Å². The van der Waals surface area contributed by atoms with Crippen LogP contribution in [-0.2, 0) is 12.0 Å². The number of hydrogen-bond acceptors (Lipinski definition) is 4. The molecule has 106 valence electrons. The average Bonchev–Trinajstić information content (AvgIpc) is 2.85. The van der Waals surface area contributed by atoms with E-state index in [1.807, 2.05) is 12.3 Å². The van der Waals surface area contributed by atoms with Crippen LogP contribution in [-0.4, -0.2) is 16.1 Å². The number of nitrogens with zero attached hydrogens (tertiary/aromatic N) is 1. The Hall–Kier alpha value is -1.88. The Balaban J connectivity index is 2.10. The number of benzene rings is 1. The predicted octanol–water partition coefficient (Wildman–Crippen LogP) is 3.75. The van der Waals surface area contributed by atoms with Gasteiger partial charge in [-0.05, 0) is 12.1 Å². The van der Waals surface area contributed by atoms with Crippen molar-refractivity contribution in [3.8, 4) is 0 Å². The zero-order valence-electron chi connectivity index (χ0n) is 11.8. The van der Waals surface area contributed by atoms with Gasteiger partial charge in [-0.1, -0.05) is 32.9 Å². The van der Waals surface area contributed by atoms with E-state index in [0.717, 1.165) is 9.88 Å². The second-order valence-electron chi connectivity index (χ2n) is 5.59. The first-order valence-electron chi connectivity index (χ1n) is 6.39. The smallest absolute Gasteiger partial charge is 0.337 e. The van der Waals surface area contributed by atoms with Gasteiger partial charge < -0.3 is 10.4 Å². The van der Waals surface area contributed by atoms with Crippen LogP contribution in [0.4, 0.5) is 5.69 Å². The highest BCUT2D eigenvalue weighted by Gasteiger charge is 2.18. The van der Waals surface area contributed by atoms with Crippen molar-refractivity contribution in [3.05, 3.63) is 45.9 Å². The summed E-state index contributed by atoms with van der Waals surface area (Å²) >= 11 is 1.65. The minimum absolute atomic E-state index is 0.0435.